The van der Waals surface area contributed by atoms with Gasteiger partial charge in [0.15, 0.2) is 16.3 Å². The van der Waals surface area contributed by atoms with Crippen molar-refractivity contribution in [2.75, 3.05) is 27.9 Å². The van der Waals surface area contributed by atoms with Crippen molar-refractivity contribution in [2.24, 2.45) is 4.99 Å². The summed E-state index contributed by atoms with van der Waals surface area (Å²) in [7, 11) is 4.40. The Hall–Kier alpha value is -3.33. The summed E-state index contributed by atoms with van der Waals surface area (Å²) in [6.45, 7) is 2.69. The summed E-state index contributed by atoms with van der Waals surface area (Å²) in [6.07, 6.45) is 3.24. The Morgan fingerprint density at radius 2 is 1.70 bits per heavy atom. The average molecular weight is 473 g/mol. The van der Waals surface area contributed by atoms with Crippen LogP contribution in [0.5, 0.6) is 17.2 Å². The van der Waals surface area contributed by atoms with Gasteiger partial charge in [-0.2, -0.15) is 4.99 Å². The Labute approximate surface area is 196 Å². The molecular weight excluding hydrogens is 444 g/mol. The number of benzene rings is 2. The van der Waals surface area contributed by atoms with Gasteiger partial charge in [-0.25, -0.2) is 0 Å². The highest BCUT2D eigenvalue weighted by Crippen LogP contribution is 2.33. The van der Waals surface area contributed by atoms with E-state index in [2.05, 4.69) is 11.9 Å². The second-order valence-corrected chi connectivity index (χ2v) is 8.23. The molecule has 2 aromatic carbocycles. The zero-order valence-corrected chi connectivity index (χ0v) is 20.1. The number of carbonyl (C=O) groups is 2. The molecule has 1 amide bonds. The van der Waals surface area contributed by atoms with Gasteiger partial charge in [-0.3, -0.25) is 9.59 Å². The van der Waals surface area contributed by atoms with Gasteiger partial charge in [0.2, 0.25) is 0 Å². The topological polar surface area (TPSA) is 88.4 Å². The van der Waals surface area contributed by atoms with E-state index >= 15 is 0 Å². The average Bonchev–Trinajstić information content (AvgIpc) is 3.16. The lowest BCUT2D eigenvalue weighted by Gasteiger charge is -2.09. The third kappa shape index (κ3) is 5.92. The Morgan fingerprint density at radius 1 is 1.00 bits per heavy atom. The molecule has 1 aromatic heterocycles. The number of nitrogens with zero attached hydrogens (tertiary/aromatic N) is 2. The highest BCUT2D eigenvalue weighted by molar-refractivity contribution is 7.16. The number of amides is 1. The standard InChI is InChI=1S/C24H28N2O6S/c1-5-6-7-12-32-17-10-8-16(9-11-17)23(28)25-24-26(15-22(27)31-4)18-13-19(29-2)20(30-3)14-21(18)33-24/h8-11,13-14H,5-7,12,15H2,1-4H3. The van der Waals surface area contributed by atoms with Crippen molar-refractivity contribution in [3.05, 3.63) is 46.8 Å². The molecule has 0 fully saturated rings. The molecule has 8 nitrogen and oxygen atoms in total. The number of thiazole rings is 1. The zero-order chi connectivity index (χ0) is 23.8. The molecule has 9 heteroatoms. The molecule has 33 heavy (non-hydrogen) atoms. The molecule has 0 spiro atoms. The van der Waals surface area contributed by atoms with E-state index in [1.165, 1.54) is 25.6 Å². The number of rotatable bonds is 10. The molecule has 1 heterocycles. The number of unbranched alkanes of at least 4 members (excludes halogenated alkanes) is 2. The summed E-state index contributed by atoms with van der Waals surface area (Å²) in [5.41, 5.74) is 1.11. The molecule has 0 aliphatic carbocycles. The third-order valence-electron chi connectivity index (χ3n) is 5.02. The van der Waals surface area contributed by atoms with Crippen molar-refractivity contribution in [3.63, 3.8) is 0 Å². The monoisotopic (exact) mass is 472 g/mol. The molecule has 0 radical (unpaired) electrons. The maximum atomic E-state index is 12.9. The van der Waals surface area contributed by atoms with Crippen LogP contribution in [0.1, 0.15) is 36.5 Å². The van der Waals surface area contributed by atoms with E-state index in [9.17, 15) is 9.59 Å². The smallest absolute Gasteiger partial charge is 0.325 e. The van der Waals surface area contributed by atoms with Crippen LogP contribution in [0.4, 0.5) is 0 Å². The maximum absolute atomic E-state index is 12.9. The van der Waals surface area contributed by atoms with Crippen molar-refractivity contribution < 1.29 is 28.5 Å². The zero-order valence-electron chi connectivity index (χ0n) is 19.3. The van der Waals surface area contributed by atoms with Gasteiger partial charge >= 0.3 is 5.97 Å². The van der Waals surface area contributed by atoms with Crippen molar-refractivity contribution in [1.82, 2.24) is 4.57 Å². The van der Waals surface area contributed by atoms with Gasteiger partial charge in [-0.05, 0) is 30.7 Å². The van der Waals surface area contributed by atoms with Gasteiger partial charge in [0, 0.05) is 17.7 Å². The third-order valence-corrected chi connectivity index (χ3v) is 6.06. The summed E-state index contributed by atoms with van der Waals surface area (Å²) in [6, 6.07) is 10.4. The van der Waals surface area contributed by atoms with E-state index in [1.54, 1.807) is 48.1 Å². The maximum Gasteiger partial charge on any atom is 0.325 e. The fourth-order valence-corrected chi connectivity index (χ4v) is 4.25. The normalized spacial score (nSPS) is 11.5. The lowest BCUT2D eigenvalue weighted by molar-refractivity contribution is -0.141. The van der Waals surface area contributed by atoms with E-state index < -0.39 is 11.9 Å². The Morgan fingerprint density at radius 3 is 2.33 bits per heavy atom. The Kier molecular flexibility index (Phi) is 8.48. The fourth-order valence-electron chi connectivity index (χ4n) is 3.22. The molecule has 0 unspecified atom stereocenters. The SMILES string of the molecule is CCCCCOc1ccc(C(=O)N=c2sc3cc(OC)c(OC)cc3n2CC(=O)OC)cc1. The summed E-state index contributed by atoms with van der Waals surface area (Å²) < 4.78 is 23.7. The molecule has 3 rings (SSSR count). The fraction of sp³-hybridized carbons (Fsp3) is 0.375. The van der Waals surface area contributed by atoms with Crippen LogP contribution in [-0.4, -0.2) is 44.4 Å². The number of fused-ring (bicyclic) bond motifs is 1. The first-order valence-corrected chi connectivity index (χ1v) is 11.5. The summed E-state index contributed by atoms with van der Waals surface area (Å²) in [5, 5.41) is 0. The van der Waals surface area contributed by atoms with Crippen molar-refractivity contribution in [2.45, 2.75) is 32.7 Å². The number of aromatic nitrogens is 1. The van der Waals surface area contributed by atoms with Crippen LogP contribution in [0.2, 0.25) is 0 Å². The van der Waals surface area contributed by atoms with Crippen LogP contribution in [0.3, 0.4) is 0 Å². The predicted molar refractivity (Wildman–Crippen MR) is 126 cm³/mol. The minimum Gasteiger partial charge on any atom is -0.494 e. The molecular formula is C24H28N2O6S. The summed E-state index contributed by atoms with van der Waals surface area (Å²) in [4.78, 5) is 29.6. The Balaban J connectivity index is 1.95. The lowest BCUT2D eigenvalue weighted by atomic mass is 10.2. The molecule has 0 saturated heterocycles. The van der Waals surface area contributed by atoms with Gasteiger partial charge in [0.1, 0.15) is 12.3 Å². The van der Waals surface area contributed by atoms with E-state index in [0.29, 0.717) is 39.7 Å². The number of hydrogen-bond acceptors (Lipinski definition) is 7. The van der Waals surface area contributed by atoms with Crippen LogP contribution in [0.25, 0.3) is 10.2 Å². The number of methoxy groups -OCH3 is 3. The second-order valence-electron chi connectivity index (χ2n) is 7.22. The quantitative estimate of drug-likeness (QED) is 0.325. The van der Waals surface area contributed by atoms with E-state index in [4.69, 9.17) is 18.9 Å². The molecule has 176 valence electrons. The number of carbonyl (C=O) groups excluding carboxylic acids is 2. The van der Waals surface area contributed by atoms with Gasteiger partial charge in [0.05, 0.1) is 38.2 Å². The van der Waals surface area contributed by atoms with E-state index in [0.717, 1.165) is 24.0 Å². The van der Waals surface area contributed by atoms with Gasteiger partial charge < -0.3 is 23.5 Å². The van der Waals surface area contributed by atoms with Crippen LogP contribution in [0.15, 0.2) is 41.4 Å². The Bertz CT molecular complexity index is 1180. The van der Waals surface area contributed by atoms with Crippen molar-refractivity contribution in [1.29, 1.82) is 0 Å². The van der Waals surface area contributed by atoms with E-state index in [1.807, 2.05) is 0 Å². The summed E-state index contributed by atoms with van der Waals surface area (Å²) >= 11 is 1.27. The van der Waals surface area contributed by atoms with Gasteiger partial charge in [-0.15, -0.1) is 0 Å². The molecule has 0 aliphatic rings. The van der Waals surface area contributed by atoms with Crippen LogP contribution < -0.4 is 19.0 Å². The highest BCUT2D eigenvalue weighted by atomic mass is 32.1. The number of hydrogen-bond donors (Lipinski definition) is 0. The molecule has 0 atom stereocenters. The highest BCUT2D eigenvalue weighted by Gasteiger charge is 2.16. The molecule has 0 aliphatic heterocycles. The summed E-state index contributed by atoms with van der Waals surface area (Å²) in [5.74, 6) is 0.891. The van der Waals surface area contributed by atoms with Crippen molar-refractivity contribution in [3.8, 4) is 17.2 Å². The number of esters is 1. The molecule has 0 bridgehead atoms. The first-order valence-electron chi connectivity index (χ1n) is 10.6. The number of ether oxygens (including phenoxy) is 4. The molecule has 0 N–H and O–H groups in total. The first kappa shape index (κ1) is 24.3. The minimum absolute atomic E-state index is 0.0946. The van der Waals surface area contributed by atoms with Crippen LogP contribution >= 0.6 is 11.3 Å². The molecule has 0 saturated carbocycles. The largest absolute Gasteiger partial charge is 0.494 e. The first-order chi connectivity index (χ1) is 16.0. The van der Waals surface area contributed by atoms with Crippen LogP contribution in [-0.2, 0) is 16.1 Å². The molecule has 3 aromatic rings. The second kappa shape index (κ2) is 11.5. The van der Waals surface area contributed by atoms with Gasteiger partial charge in [-0.1, -0.05) is 31.1 Å². The minimum atomic E-state index is -0.456. The predicted octanol–water partition coefficient (Wildman–Crippen LogP) is 4.20. The van der Waals surface area contributed by atoms with Crippen LogP contribution in [0, 0.1) is 0 Å². The van der Waals surface area contributed by atoms with E-state index in [-0.39, 0.29) is 6.54 Å². The van der Waals surface area contributed by atoms with Gasteiger partial charge in [0.25, 0.3) is 5.91 Å². The van der Waals surface area contributed by atoms with Crippen molar-refractivity contribution >= 4 is 33.4 Å². The lowest BCUT2D eigenvalue weighted by Crippen LogP contribution is -2.22.